The predicted molar refractivity (Wildman–Crippen MR) is 76.4 cm³/mol. The Kier molecular flexibility index (Phi) is 4.74. The summed E-state index contributed by atoms with van der Waals surface area (Å²) in [4.78, 5) is 24.1. The summed E-state index contributed by atoms with van der Waals surface area (Å²) in [5, 5.41) is 11.1. The first-order valence-electron chi connectivity index (χ1n) is 6.71. The van der Waals surface area contributed by atoms with Gasteiger partial charge >= 0.3 is 5.97 Å². The number of carbonyl (C=O) groups is 1. The van der Waals surface area contributed by atoms with Gasteiger partial charge in [-0.15, -0.1) is 0 Å². The molecule has 114 valence electrons. The molecule has 1 atom stereocenters. The first-order chi connectivity index (χ1) is 10.0. The summed E-state index contributed by atoms with van der Waals surface area (Å²) in [5.41, 5.74) is 1.16. The maximum atomic E-state index is 11.4. The van der Waals surface area contributed by atoms with Crippen molar-refractivity contribution in [2.75, 3.05) is 31.8 Å². The molecule has 2 rings (SSSR count). The highest BCUT2D eigenvalue weighted by atomic mass is 16.6. The third-order valence-corrected chi connectivity index (χ3v) is 3.52. The standard InChI is InChI=1S/C14H18N2O5/c1-10-9-21-6-5-15(10)12-3-4-13(16(18)19)11(7-12)8-14(17)20-2/h3-4,7,10H,5-6,8-9H2,1-2H3/t10-/m0/s1. The van der Waals surface area contributed by atoms with Gasteiger partial charge in [-0.2, -0.15) is 0 Å². The number of nitro groups is 1. The zero-order valence-corrected chi connectivity index (χ0v) is 12.1. The van der Waals surface area contributed by atoms with Crippen LogP contribution in [-0.2, 0) is 20.7 Å². The van der Waals surface area contributed by atoms with Gasteiger partial charge < -0.3 is 14.4 Å². The highest BCUT2D eigenvalue weighted by Gasteiger charge is 2.23. The fourth-order valence-electron chi connectivity index (χ4n) is 2.41. The number of carbonyl (C=O) groups excluding carboxylic acids is 1. The average Bonchev–Trinajstić information content (AvgIpc) is 2.47. The van der Waals surface area contributed by atoms with Crippen molar-refractivity contribution in [2.24, 2.45) is 0 Å². The smallest absolute Gasteiger partial charge is 0.310 e. The molecule has 0 spiro atoms. The van der Waals surface area contributed by atoms with Crippen molar-refractivity contribution in [3.8, 4) is 0 Å². The highest BCUT2D eigenvalue weighted by Crippen LogP contribution is 2.27. The zero-order chi connectivity index (χ0) is 15.4. The van der Waals surface area contributed by atoms with Crippen LogP contribution in [0.15, 0.2) is 18.2 Å². The molecule has 0 bridgehead atoms. The van der Waals surface area contributed by atoms with Crippen molar-refractivity contribution in [3.05, 3.63) is 33.9 Å². The van der Waals surface area contributed by atoms with Gasteiger partial charge in [0.2, 0.25) is 0 Å². The van der Waals surface area contributed by atoms with E-state index in [1.54, 1.807) is 12.1 Å². The number of benzene rings is 1. The Morgan fingerprint density at radius 2 is 2.33 bits per heavy atom. The quantitative estimate of drug-likeness (QED) is 0.476. The number of ether oxygens (including phenoxy) is 2. The molecule has 0 N–H and O–H groups in total. The molecule has 1 aromatic carbocycles. The number of nitro benzene ring substituents is 1. The van der Waals surface area contributed by atoms with Gasteiger partial charge in [-0.3, -0.25) is 14.9 Å². The van der Waals surface area contributed by atoms with Crippen LogP contribution < -0.4 is 4.90 Å². The van der Waals surface area contributed by atoms with E-state index in [4.69, 9.17) is 4.74 Å². The Bertz CT molecular complexity index is 546. The van der Waals surface area contributed by atoms with Gasteiger partial charge in [-0.1, -0.05) is 0 Å². The predicted octanol–water partition coefficient (Wildman–Crippen LogP) is 1.54. The maximum Gasteiger partial charge on any atom is 0.310 e. The van der Waals surface area contributed by atoms with Gasteiger partial charge in [0.05, 0.1) is 31.7 Å². The number of esters is 1. The molecule has 7 nitrogen and oxygen atoms in total. The fourth-order valence-corrected chi connectivity index (χ4v) is 2.41. The second-order valence-corrected chi connectivity index (χ2v) is 4.94. The SMILES string of the molecule is COC(=O)Cc1cc(N2CCOC[C@@H]2C)ccc1[N+](=O)[O-]. The topological polar surface area (TPSA) is 81.9 Å². The normalized spacial score (nSPS) is 18.4. The van der Waals surface area contributed by atoms with Crippen molar-refractivity contribution in [3.63, 3.8) is 0 Å². The number of anilines is 1. The fraction of sp³-hybridized carbons (Fsp3) is 0.500. The zero-order valence-electron chi connectivity index (χ0n) is 12.1. The third-order valence-electron chi connectivity index (χ3n) is 3.52. The van der Waals surface area contributed by atoms with Crippen LogP contribution in [0.1, 0.15) is 12.5 Å². The van der Waals surface area contributed by atoms with Crippen molar-refractivity contribution in [1.82, 2.24) is 0 Å². The van der Waals surface area contributed by atoms with Gasteiger partial charge in [0.25, 0.3) is 5.69 Å². The Morgan fingerprint density at radius 3 is 2.95 bits per heavy atom. The van der Waals surface area contributed by atoms with Crippen molar-refractivity contribution in [1.29, 1.82) is 0 Å². The van der Waals surface area contributed by atoms with E-state index in [0.29, 0.717) is 18.8 Å². The second kappa shape index (κ2) is 6.53. The molecule has 1 fully saturated rings. The Balaban J connectivity index is 2.33. The molecule has 0 aliphatic carbocycles. The first-order valence-corrected chi connectivity index (χ1v) is 6.71. The van der Waals surface area contributed by atoms with E-state index in [0.717, 1.165) is 12.2 Å². The summed E-state index contributed by atoms with van der Waals surface area (Å²) in [6.45, 7) is 3.98. The molecule has 1 aromatic rings. The lowest BCUT2D eigenvalue weighted by Crippen LogP contribution is -2.43. The lowest BCUT2D eigenvalue weighted by molar-refractivity contribution is -0.385. The monoisotopic (exact) mass is 294 g/mol. The molecule has 0 radical (unpaired) electrons. The largest absolute Gasteiger partial charge is 0.469 e. The third kappa shape index (κ3) is 3.49. The molecule has 1 saturated heterocycles. The minimum Gasteiger partial charge on any atom is -0.469 e. The van der Waals surface area contributed by atoms with Crippen LogP contribution in [0.2, 0.25) is 0 Å². The van der Waals surface area contributed by atoms with Gasteiger partial charge in [0.1, 0.15) is 0 Å². The molecule has 1 aliphatic heterocycles. The van der Waals surface area contributed by atoms with Crippen LogP contribution in [0, 0.1) is 10.1 Å². The molecule has 0 amide bonds. The summed E-state index contributed by atoms with van der Waals surface area (Å²) in [5.74, 6) is -0.495. The van der Waals surface area contributed by atoms with E-state index in [1.807, 2.05) is 6.92 Å². The van der Waals surface area contributed by atoms with Gasteiger partial charge in [0.15, 0.2) is 0 Å². The van der Waals surface area contributed by atoms with E-state index >= 15 is 0 Å². The number of hydrogen-bond acceptors (Lipinski definition) is 6. The lowest BCUT2D eigenvalue weighted by atomic mass is 10.1. The summed E-state index contributed by atoms with van der Waals surface area (Å²) in [7, 11) is 1.27. The minimum atomic E-state index is -0.495. The van der Waals surface area contributed by atoms with Crippen LogP contribution in [0.25, 0.3) is 0 Å². The number of methoxy groups -OCH3 is 1. The molecular weight excluding hydrogens is 276 g/mol. The average molecular weight is 294 g/mol. The summed E-state index contributed by atoms with van der Waals surface area (Å²) in [6, 6.07) is 5.03. The first kappa shape index (κ1) is 15.2. The maximum absolute atomic E-state index is 11.4. The van der Waals surface area contributed by atoms with Crippen LogP contribution in [-0.4, -0.2) is 43.8 Å². The van der Waals surface area contributed by atoms with Crippen molar-refractivity contribution in [2.45, 2.75) is 19.4 Å². The molecule has 7 heteroatoms. The van der Waals surface area contributed by atoms with E-state index in [9.17, 15) is 14.9 Å². The van der Waals surface area contributed by atoms with Crippen LogP contribution in [0.5, 0.6) is 0 Å². The van der Waals surface area contributed by atoms with Gasteiger partial charge in [-0.05, 0) is 19.1 Å². The molecule has 0 aromatic heterocycles. The lowest BCUT2D eigenvalue weighted by Gasteiger charge is -2.35. The number of morpholine rings is 1. The van der Waals surface area contributed by atoms with Crippen molar-refractivity contribution >= 4 is 17.3 Å². The van der Waals surface area contributed by atoms with E-state index in [2.05, 4.69) is 9.64 Å². The number of hydrogen-bond donors (Lipinski definition) is 0. The Hall–Kier alpha value is -2.15. The molecule has 0 unspecified atom stereocenters. The molecule has 0 saturated carbocycles. The molecule has 1 heterocycles. The Labute approximate surface area is 122 Å². The second-order valence-electron chi connectivity index (χ2n) is 4.94. The number of nitrogens with zero attached hydrogens (tertiary/aromatic N) is 2. The van der Waals surface area contributed by atoms with E-state index < -0.39 is 10.9 Å². The molecular formula is C14H18N2O5. The van der Waals surface area contributed by atoms with Gasteiger partial charge in [0, 0.05) is 29.9 Å². The Morgan fingerprint density at radius 1 is 1.57 bits per heavy atom. The molecule has 21 heavy (non-hydrogen) atoms. The van der Waals surface area contributed by atoms with E-state index in [1.165, 1.54) is 13.2 Å². The minimum absolute atomic E-state index is 0.0648. The van der Waals surface area contributed by atoms with E-state index in [-0.39, 0.29) is 18.2 Å². The van der Waals surface area contributed by atoms with Crippen molar-refractivity contribution < 1.29 is 19.2 Å². The van der Waals surface area contributed by atoms with Crippen LogP contribution in [0.3, 0.4) is 0 Å². The van der Waals surface area contributed by atoms with Gasteiger partial charge in [-0.25, -0.2) is 0 Å². The number of rotatable bonds is 4. The summed E-state index contributed by atoms with van der Waals surface area (Å²) >= 11 is 0. The molecule has 1 aliphatic rings. The summed E-state index contributed by atoms with van der Waals surface area (Å²) < 4.78 is 9.98. The summed E-state index contributed by atoms with van der Waals surface area (Å²) in [6.07, 6.45) is -0.112. The van der Waals surface area contributed by atoms with Crippen LogP contribution >= 0.6 is 0 Å². The highest BCUT2D eigenvalue weighted by molar-refractivity contribution is 5.75. The van der Waals surface area contributed by atoms with Crippen LogP contribution in [0.4, 0.5) is 11.4 Å².